The van der Waals surface area contributed by atoms with E-state index < -0.39 is 0 Å². The summed E-state index contributed by atoms with van der Waals surface area (Å²) >= 11 is 0. The Hall–Kier alpha value is -0.280. The van der Waals surface area contributed by atoms with E-state index in [0.717, 1.165) is 38.9 Å². The van der Waals surface area contributed by atoms with E-state index in [1.54, 1.807) is 0 Å². The number of hydrogen-bond acceptors (Lipinski definition) is 3. The Bertz CT molecular complexity index is 158. The van der Waals surface area contributed by atoms with E-state index in [9.17, 15) is 0 Å². The van der Waals surface area contributed by atoms with Gasteiger partial charge in [0, 0.05) is 19.1 Å². The van der Waals surface area contributed by atoms with Gasteiger partial charge in [-0.25, -0.2) is 0 Å². The first-order valence-electron chi connectivity index (χ1n) is 5.13. The van der Waals surface area contributed by atoms with Crippen LogP contribution in [0.15, 0.2) is 0 Å². The molecule has 0 aromatic rings. The maximum Gasteiger partial charge on any atom is 0.183 e. The van der Waals surface area contributed by atoms with Crippen LogP contribution in [0.5, 0.6) is 0 Å². The van der Waals surface area contributed by atoms with Gasteiger partial charge < -0.3 is 9.47 Å². The lowest BCUT2D eigenvalue weighted by molar-refractivity contribution is 0.0753. The van der Waals surface area contributed by atoms with Crippen LogP contribution in [0.1, 0.15) is 32.6 Å². The lowest BCUT2D eigenvalue weighted by Gasteiger charge is -2.22. The largest absolute Gasteiger partial charge is 0.481 e. The van der Waals surface area contributed by atoms with Crippen molar-refractivity contribution in [1.82, 2.24) is 0 Å². The van der Waals surface area contributed by atoms with Gasteiger partial charge in [0.25, 0.3) is 0 Å². The molecule has 1 aliphatic rings. The molecule has 1 fully saturated rings. The number of nitrogens with one attached hydrogen (secondary N) is 1. The van der Waals surface area contributed by atoms with Gasteiger partial charge in [0.2, 0.25) is 0 Å². The zero-order chi connectivity index (χ0) is 9.52. The minimum Gasteiger partial charge on any atom is -0.481 e. The Labute approximate surface area is 92.1 Å². The Morgan fingerprint density at radius 2 is 2.07 bits per heavy atom. The van der Waals surface area contributed by atoms with E-state index in [1.165, 1.54) is 0 Å². The smallest absolute Gasteiger partial charge is 0.183 e. The highest BCUT2D eigenvalue weighted by atomic mass is 35.5. The lowest BCUT2D eigenvalue weighted by Crippen LogP contribution is -2.25. The summed E-state index contributed by atoms with van der Waals surface area (Å²) in [7, 11) is 0. The molecular weight excluding hydrogens is 202 g/mol. The molecule has 1 aliphatic heterocycles. The third-order valence-electron chi connectivity index (χ3n) is 2.35. The van der Waals surface area contributed by atoms with E-state index >= 15 is 0 Å². The molecule has 0 radical (unpaired) electrons. The molecule has 1 rings (SSSR count). The molecule has 0 aromatic heterocycles. The molecule has 3 nitrogen and oxygen atoms in total. The molecule has 0 aromatic carbocycles. The van der Waals surface area contributed by atoms with Crippen LogP contribution in [-0.2, 0) is 9.47 Å². The maximum absolute atomic E-state index is 7.68. The summed E-state index contributed by atoms with van der Waals surface area (Å²) in [4.78, 5) is 0. The molecule has 4 heteroatoms. The van der Waals surface area contributed by atoms with Crippen LogP contribution in [0.25, 0.3) is 0 Å². The standard InChI is InChI=1S/C10H19NO2.ClH/c1-2-3-6-13-10(11)9-4-7-12-8-5-9;/h9,11H,2-8H2,1H3;1H. The summed E-state index contributed by atoms with van der Waals surface area (Å²) in [5.74, 6) is 0.780. The van der Waals surface area contributed by atoms with Crippen molar-refractivity contribution in [2.24, 2.45) is 5.92 Å². The van der Waals surface area contributed by atoms with Crippen molar-refractivity contribution >= 4 is 18.3 Å². The topological polar surface area (TPSA) is 42.3 Å². The summed E-state index contributed by atoms with van der Waals surface area (Å²) in [6.07, 6.45) is 4.07. The highest BCUT2D eigenvalue weighted by Crippen LogP contribution is 2.16. The molecule has 84 valence electrons. The molecule has 1 N–H and O–H groups in total. The van der Waals surface area contributed by atoms with Crippen molar-refractivity contribution in [2.45, 2.75) is 32.6 Å². The predicted octanol–water partition coefficient (Wildman–Crippen LogP) is 2.63. The summed E-state index contributed by atoms with van der Waals surface area (Å²) < 4.78 is 10.6. The van der Waals surface area contributed by atoms with Crippen molar-refractivity contribution in [1.29, 1.82) is 5.41 Å². The summed E-state index contributed by atoms with van der Waals surface area (Å²) in [6.45, 7) is 4.39. The predicted molar refractivity (Wildman–Crippen MR) is 59.4 cm³/mol. The van der Waals surface area contributed by atoms with Gasteiger partial charge in [-0.15, -0.1) is 12.4 Å². The SMILES string of the molecule is CCCCOC(=N)C1CCOCC1.Cl. The molecule has 0 saturated carbocycles. The quantitative estimate of drug-likeness (QED) is 0.451. The van der Waals surface area contributed by atoms with Crippen molar-refractivity contribution in [3.8, 4) is 0 Å². The molecule has 1 heterocycles. The van der Waals surface area contributed by atoms with Gasteiger partial charge in [0.1, 0.15) is 0 Å². The fourth-order valence-corrected chi connectivity index (χ4v) is 1.40. The van der Waals surface area contributed by atoms with Crippen LogP contribution in [0, 0.1) is 11.3 Å². The molecule has 0 amide bonds. The highest BCUT2D eigenvalue weighted by molar-refractivity contribution is 5.85. The van der Waals surface area contributed by atoms with Crippen LogP contribution >= 0.6 is 12.4 Å². The number of halogens is 1. The highest BCUT2D eigenvalue weighted by Gasteiger charge is 2.19. The van der Waals surface area contributed by atoms with E-state index in [1.807, 2.05) is 0 Å². The average molecular weight is 222 g/mol. The Morgan fingerprint density at radius 3 is 2.64 bits per heavy atom. The molecule has 0 spiro atoms. The van der Waals surface area contributed by atoms with Gasteiger partial charge in [-0.3, -0.25) is 5.41 Å². The van der Waals surface area contributed by atoms with Gasteiger partial charge in [0.05, 0.1) is 6.61 Å². The van der Waals surface area contributed by atoms with Crippen LogP contribution in [0.2, 0.25) is 0 Å². The lowest BCUT2D eigenvalue weighted by atomic mass is 10.0. The van der Waals surface area contributed by atoms with E-state index in [4.69, 9.17) is 14.9 Å². The van der Waals surface area contributed by atoms with Gasteiger partial charge in [-0.05, 0) is 19.3 Å². The average Bonchev–Trinajstić information content (AvgIpc) is 2.19. The number of unbranched alkanes of at least 4 members (excludes halogenated alkanes) is 1. The molecule has 0 bridgehead atoms. The first-order valence-corrected chi connectivity index (χ1v) is 5.13. The van der Waals surface area contributed by atoms with Gasteiger partial charge in [-0.2, -0.15) is 0 Å². The first-order chi connectivity index (χ1) is 6.34. The summed E-state index contributed by atoms with van der Waals surface area (Å²) in [5.41, 5.74) is 0. The molecule has 0 atom stereocenters. The minimum absolute atomic E-state index is 0. The normalized spacial score (nSPS) is 17.2. The second kappa shape index (κ2) is 8.06. The first kappa shape index (κ1) is 13.7. The number of rotatable bonds is 4. The molecule has 14 heavy (non-hydrogen) atoms. The number of hydrogen-bond donors (Lipinski definition) is 1. The van der Waals surface area contributed by atoms with Gasteiger partial charge in [-0.1, -0.05) is 13.3 Å². The van der Waals surface area contributed by atoms with E-state index in [0.29, 0.717) is 18.4 Å². The van der Waals surface area contributed by atoms with Crippen molar-refractivity contribution in [2.75, 3.05) is 19.8 Å². The van der Waals surface area contributed by atoms with Crippen LogP contribution in [0.4, 0.5) is 0 Å². The van der Waals surface area contributed by atoms with E-state index in [-0.39, 0.29) is 12.4 Å². The van der Waals surface area contributed by atoms with Crippen molar-refractivity contribution in [3.05, 3.63) is 0 Å². The third kappa shape index (κ3) is 4.82. The van der Waals surface area contributed by atoms with Crippen molar-refractivity contribution < 1.29 is 9.47 Å². The zero-order valence-electron chi connectivity index (χ0n) is 8.75. The fraction of sp³-hybridized carbons (Fsp3) is 0.900. The zero-order valence-corrected chi connectivity index (χ0v) is 9.57. The monoisotopic (exact) mass is 221 g/mol. The third-order valence-corrected chi connectivity index (χ3v) is 2.35. The fourth-order valence-electron chi connectivity index (χ4n) is 1.40. The second-order valence-corrected chi connectivity index (χ2v) is 3.45. The molecular formula is C10H20ClNO2. The molecule has 0 aliphatic carbocycles. The van der Waals surface area contributed by atoms with E-state index in [2.05, 4.69) is 6.92 Å². The van der Waals surface area contributed by atoms with Crippen molar-refractivity contribution in [3.63, 3.8) is 0 Å². The molecule has 1 saturated heterocycles. The van der Waals surface area contributed by atoms with Gasteiger partial charge >= 0.3 is 0 Å². The number of ether oxygens (including phenoxy) is 2. The summed E-state index contributed by atoms with van der Waals surface area (Å²) in [6, 6.07) is 0. The molecule has 0 unspecified atom stereocenters. The Morgan fingerprint density at radius 1 is 1.43 bits per heavy atom. The Kier molecular flexibility index (Phi) is 7.90. The van der Waals surface area contributed by atoms with Gasteiger partial charge in [0.15, 0.2) is 5.90 Å². The minimum atomic E-state index is 0. The van der Waals surface area contributed by atoms with Crippen LogP contribution in [0.3, 0.4) is 0 Å². The van der Waals surface area contributed by atoms with Crippen LogP contribution in [-0.4, -0.2) is 25.7 Å². The summed E-state index contributed by atoms with van der Waals surface area (Å²) in [5, 5.41) is 7.68. The maximum atomic E-state index is 7.68. The second-order valence-electron chi connectivity index (χ2n) is 3.45. The van der Waals surface area contributed by atoms with Crippen LogP contribution < -0.4 is 0 Å². The Balaban J connectivity index is 0.00000169.